The number of nitrogens with one attached hydrogen (secondary N) is 2. The zero-order valence-corrected chi connectivity index (χ0v) is 24.3. The number of carbonyl (C=O) groups is 1. The van der Waals surface area contributed by atoms with E-state index >= 15 is 0 Å². The maximum absolute atomic E-state index is 13.2. The van der Waals surface area contributed by atoms with Crippen molar-refractivity contribution in [2.75, 3.05) is 25.0 Å². The van der Waals surface area contributed by atoms with Crippen LogP contribution in [-0.2, 0) is 52.3 Å². The van der Waals surface area contributed by atoms with Crippen LogP contribution in [0.25, 0.3) is 0 Å². The molecule has 2 aromatic carbocycles. The molecule has 1 aromatic heterocycles. The van der Waals surface area contributed by atoms with E-state index in [4.69, 9.17) is 4.74 Å². The highest BCUT2D eigenvalue weighted by Crippen LogP contribution is 2.42. The van der Waals surface area contributed by atoms with Gasteiger partial charge in [-0.05, 0) is 79.8 Å². The molecule has 2 amide bonds. The Hall–Kier alpha value is -3.42. The molecule has 13 heteroatoms. The number of ether oxygens (including phenoxy) is 1. The Kier molecular flexibility index (Phi) is 6.00. The van der Waals surface area contributed by atoms with Crippen molar-refractivity contribution in [3.8, 4) is 5.88 Å². The first-order chi connectivity index (χ1) is 19.5. The van der Waals surface area contributed by atoms with Crippen LogP contribution in [0, 0.1) is 12.3 Å². The maximum atomic E-state index is 13.2. The predicted molar refractivity (Wildman–Crippen MR) is 150 cm³/mol. The van der Waals surface area contributed by atoms with Crippen molar-refractivity contribution in [1.82, 2.24) is 18.8 Å². The van der Waals surface area contributed by atoms with Gasteiger partial charge in [0, 0.05) is 18.8 Å². The Labute approximate surface area is 239 Å². The monoisotopic (exact) mass is 597 g/mol. The number of hydrogen-bond donors (Lipinski definition) is 2. The molecule has 2 aliphatic heterocycles. The minimum atomic E-state index is -4.28. The smallest absolute Gasteiger partial charge is 0.333 e. The number of nitrogens with zero attached hydrogens (tertiary/aromatic N) is 3. The zero-order chi connectivity index (χ0) is 28.6. The number of aryl methyl sites for hydroxylation is 3. The number of benzene rings is 2. The van der Waals surface area contributed by atoms with Gasteiger partial charge in [0.25, 0.3) is 10.0 Å². The quantitative estimate of drug-likeness (QED) is 0.461. The number of sulfonamides is 2. The third-order valence-corrected chi connectivity index (χ3v) is 11.8. The lowest BCUT2D eigenvalue weighted by molar-refractivity contribution is -0.0274. The van der Waals surface area contributed by atoms with Gasteiger partial charge in [-0.3, -0.25) is 0 Å². The van der Waals surface area contributed by atoms with Crippen LogP contribution in [0.5, 0.6) is 5.88 Å². The fraction of sp³-hybridized carbons (Fsp3) is 0.429. The van der Waals surface area contributed by atoms with Crippen molar-refractivity contribution >= 4 is 31.8 Å². The molecule has 0 atom stereocenters. The first-order valence-electron chi connectivity index (χ1n) is 13.8. The molecule has 4 aliphatic rings. The SMILES string of the molecule is Cc1ccc(S(=O)(=O)N2CC3(COc4c(S(=O)(=O)NC(=O)Nc5c6c(cc7c5CCC7)CCC6)cnn4C3)C2)cc1. The van der Waals surface area contributed by atoms with E-state index in [2.05, 4.69) is 21.2 Å². The molecule has 1 saturated heterocycles. The molecule has 2 aliphatic carbocycles. The molecule has 7 rings (SSSR count). The van der Waals surface area contributed by atoms with Gasteiger partial charge in [0.05, 0.1) is 29.7 Å². The maximum Gasteiger partial charge on any atom is 0.333 e. The Morgan fingerprint density at radius 1 is 0.951 bits per heavy atom. The number of urea groups is 1. The molecule has 0 bridgehead atoms. The van der Waals surface area contributed by atoms with Crippen LogP contribution in [-0.4, -0.2) is 56.6 Å². The standard InChI is InChI=1S/C28H31N5O6S2/c1-18-8-10-21(11-9-18)41(37,38)32-14-28(15-32)16-33-26(39-17-28)24(13-29-33)40(35,36)31-27(34)30-25-22-6-2-4-19(22)12-20-5-3-7-23(20)25/h8-13H,2-7,14-17H2,1H3,(H2,30,31,34). The highest BCUT2D eigenvalue weighted by molar-refractivity contribution is 7.90. The third-order valence-electron chi connectivity index (χ3n) is 8.67. The van der Waals surface area contributed by atoms with Crippen molar-refractivity contribution in [2.45, 2.75) is 61.8 Å². The van der Waals surface area contributed by atoms with E-state index in [1.807, 2.05) is 6.92 Å². The molecule has 0 unspecified atom stereocenters. The molecule has 216 valence electrons. The van der Waals surface area contributed by atoms with Crippen molar-refractivity contribution in [2.24, 2.45) is 5.41 Å². The summed E-state index contributed by atoms with van der Waals surface area (Å²) in [6, 6.07) is 8.14. The minimum absolute atomic E-state index is 0.0391. The summed E-state index contributed by atoms with van der Waals surface area (Å²) in [5.74, 6) is 0.0391. The van der Waals surface area contributed by atoms with E-state index in [-0.39, 0.29) is 35.4 Å². The second kappa shape index (κ2) is 9.30. The summed E-state index contributed by atoms with van der Waals surface area (Å²) >= 11 is 0. The first kappa shape index (κ1) is 26.5. The van der Waals surface area contributed by atoms with Crippen LogP contribution in [0.2, 0.25) is 0 Å². The summed E-state index contributed by atoms with van der Waals surface area (Å²) in [7, 11) is -7.92. The van der Waals surface area contributed by atoms with Crippen molar-refractivity contribution in [1.29, 1.82) is 0 Å². The first-order valence-corrected chi connectivity index (χ1v) is 16.7. The van der Waals surface area contributed by atoms with Crippen LogP contribution in [0.3, 0.4) is 0 Å². The zero-order valence-electron chi connectivity index (χ0n) is 22.6. The molecule has 0 saturated carbocycles. The minimum Gasteiger partial charge on any atom is -0.476 e. The summed E-state index contributed by atoms with van der Waals surface area (Å²) in [6.07, 6.45) is 6.86. The van der Waals surface area contributed by atoms with Crippen LogP contribution in [0.4, 0.5) is 10.5 Å². The highest BCUT2D eigenvalue weighted by Gasteiger charge is 2.52. The average Bonchev–Trinajstić information content (AvgIpc) is 3.66. The lowest BCUT2D eigenvalue weighted by Gasteiger charge is -2.50. The number of rotatable bonds is 5. The van der Waals surface area contributed by atoms with Crippen LogP contribution in [0.15, 0.2) is 46.3 Å². The van der Waals surface area contributed by atoms with E-state index in [0.29, 0.717) is 6.54 Å². The van der Waals surface area contributed by atoms with Crippen LogP contribution in [0.1, 0.15) is 40.7 Å². The normalized spacial score (nSPS) is 19.1. The number of amides is 2. The average molecular weight is 598 g/mol. The Bertz CT molecular complexity index is 1760. The molecule has 0 radical (unpaired) electrons. The van der Waals surface area contributed by atoms with Gasteiger partial charge < -0.3 is 10.1 Å². The Balaban J connectivity index is 1.05. The van der Waals surface area contributed by atoms with Gasteiger partial charge in [-0.2, -0.15) is 9.40 Å². The molecule has 3 heterocycles. The summed E-state index contributed by atoms with van der Waals surface area (Å²) in [5, 5.41) is 7.06. The van der Waals surface area contributed by atoms with E-state index in [9.17, 15) is 21.6 Å². The van der Waals surface area contributed by atoms with Gasteiger partial charge >= 0.3 is 6.03 Å². The third kappa shape index (κ3) is 4.41. The fourth-order valence-electron chi connectivity index (χ4n) is 6.59. The molecular formula is C28H31N5O6S2. The number of aromatic nitrogens is 2. The van der Waals surface area contributed by atoms with E-state index < -0.39 is 31.5 Å². The molecule has 1 spiro atoms. The summed E-state index contributed by atoms with van der Waals surface area (Å²) in [5.41, 5.74) is 5.89. The molecule has 2 N–H and O–H groups in total. The van der Waals surface area contributed by atoms with Crippen molar-refractivity contribution < 1.29 is 26.4 Å². The number of fused-ring (bicyclic) bond motifs is 3. The number of anilines is 1. The lowest BCUT2D eigenvalue weighted by atomic mass is 9.82. The lowest BCUT2D eigenvalue weighted by Crippen LogP contribution is -2.63. The van der Waals surface area contributed by atoms with Gasteiger partial charge in [-0.1, -0.05) is 23.8 Å². The van der Waals surface area contributed by atoms with E-state index in [1.54, 1.807) is 24.3 Å². The van der Waals surface area contributed by atoms with Gasteiger partial charge in [0.2, 0.25) is 15.9 Å². The molecule has 11 nitrogen and oxygen atoms in total. The molecular weight excluding hydrogens is 566 g/mol. The summed E-state index contributed by atoms with van der Waals surface area (Å²) < 4.78 is 63.4. The van der Waals surface area contributed by atoms with Crippen LogP contribution < -0.4 is 14.8 Å². The van der Waals surface area contributed by atoms with E-state index in [1.165, 1.54) is 26.3 Å². The second-order valence-electron chi connectivity index (χ2n) is 11.6. The molecule has 3 aromatic rings. The van der Waals surface area contributed by atoms with Gasteiger partial charge in [-0.15, -0.1) is 0 Å². The molecule has 1 fully saturated rings. The Morgan fingerprint density at radius 2 is 1.61 bits per heavy atom. The second-order valence-corrected chi connectivity index (χ2v) is 15.2. The predicted octanol–water partition coefficient (Wildman–Crippen LogP) is 2.76. The number of carbonyl (C=O) groups excluding carboxylic acids is 1. The van der Waals surface area contributed by atoms with Crippen LogP contribution >= 0.6 is 0 Å². The van der Waals surface area contributed by atoms with Gasteiger partial charge in [-0.25, -0.2) is 31.0 Å². The summed E-state index contributed by atoms with van der Waals surface area (Å²) in [6.45, 7) is 2.79. The summed E-state index contributed by atoms with van der Waals surface area (Å²) in [4.78, 5) is 13.0. The molecule has 41 heavy (non-hydrogen) atoms. The van der Waals surface area contributed by atoms with Gasteiger partial charge in [0.15, 0.2) is 4.90 Å². The van der Waals surface area contributed by atoms with Crippen molar-refractivity contribution in [3.63, 3.8) is 0 Å². The van der Waals surface area contributed by atoms with Gasteiger partial charge in [0.1, 0.15) is 0 Å². The fourth-order valence-corrected chi connectivity index (χ4v) is 9.24. The topological polar surface area (TPSA) is 140 Å². The Morgan fingerprint density at radius 3 is 2.27 bits per heavy atom. The highest BCUT2D eigenvalue weighted by atomic mass is 32.2. The number of hydrogen-bond acceptors (Lipinski definition) is 7. The van der Waals surface area contributed by atoms with E-state index in [0.717, 1.165) is 60.9 Å². The van der Waals surface area contributed by atoms with Crippen molar-refractivity contribution in [3.05, 3.63) is 64.3 Å². The largest absolute Gasteiger partial charge is 0.476 e.